The summed E-state index contributed by atoms with van der Waals surface area (Å²) in [6.45, 7) is 0.474. The highest BCUT2D eigenvalue weighted by molar-refractivity contribution is 6.32. The maximum absolute atomic E-state index is 13.5. The van der Waals surface area contributed by atoms with Crippen LogP contribution in [0.3, 0.4) is 0 Å². The summed E-state index contributed by atoms with van der Waals surface area (Å²) in [4.78, 5) is 10.7. The molecule has 3 rings (SSSR count). The van der Waals surface area contributed by atoms with Gasteiger partial charge in [-0.2, -0.15) is 0 Å². The van der Waals surface area contributed by atoms with Crippen molar-refractivity contribution in [1.82, 2.24) is 0 Å². The van der Waals surface area contributed by atoms with Crippen LogP contribution in [0.4, 0.5) is 4.39 Å². The Hall–Kier alpha value is -1.55. The summed E-state index contributed by atoms with van der Waals surface area (Å²) >= 11 is 5.90. The quantitative estimate of drug-likeness (QED) is 0.860. The molecular weight excluding hydrogens is 271 g/mol. The molecule has 0 saturated heterocycles. The first-order valence-electron chi connectivity index (χ1n) is 6.13. The molecule has 0 heterocycles. The molecule has 0 amide bonds. The Balaban J connectivity index is 1.71. The number of halogens is 2. The third-order valence-electron chi connectivity index (χ3n) is 3.76. The van der Waals surface area contributed by atoms with Gasteiger partial charge in [-0.15, -0.1) is 0 Å². The largest absolute Gasteiger partial charge is 0.491 e. The highest BCUT2D eigenvalue weighted by atomic mass is 35.5. The third-order valence-corrected chi connectivity index (χ3v) is 4.06. The Morgan fingerprint density at radius 2 is 2.32 bits per heavy atom. The van der Waals surface area contributed by atoms with Crippen LogP contribution < -0.4 is 4.74 Å². The van der Waals surface area contributed by atoms with Gasteiger partial charge in [0, 0.05) is 12.0 Å². The molecule has 19 heavy (non-hydrogen) atoms. The molecule has 1 aromatic carbocycles. The van der Waals surface area contributed by atoms with Crippen molar-refractivity contribution >= 4 is 17.6 Å². The SMILES string of the molecule is O=C(O)c1cc(Cl)c(OC[C@@H]2C3=CCC[C@H]32)cc1F. The predicted molar refractivity (Wildman–Crippen MR) is 68.2 cm³/mol. The number of rotatable bonds is 4. The fourth-order valence-electron chi connectivity index (χ4n) is 2.70. The molecule has 0 radical (unpaired) electrons. The molecule has 1 N–H and O–H groups in total. The number of hydrogen-bond acceptors (Lipinski definition) is 2. The number of ether oxygens (including phenoxy) is 1. The van der Waals surface area contributed by atoms with E-state index in [-0.39, 0.29) is 10.8 Å². The van der Waals surface area contributed by atoms with Gasteiger partial charge in [0.15, 0.2) is 0 Å². The summed E-state index contributed by atoms with van der Waals surface area (Å²) in [7, 11) is 0. The molecule has 0 bridgehead atoms. The van der Waals surface area contributed by atoms with Gasteiger partial charge in [-0.05, 0) is 24.8 Å². The highest BCUT2D eigenvalue weighted by Crippen LogP contribution is 2.53. The van der Waals surface area contributed by atoms with E-state index in [0.29, 0.717) is 18.4 Å². The average molecular weight is 283 g/mol. The van der Waals surface area contributed by atoms with Gasteiger partial charge in [0.2, 0.25) is 0 Å². The van der Waals surface area contributed by atoms with E-state index in [9.17, 15) is 9.18 Å². The van der Waals surface area contributed by atoms with Crippen molar-refractivity contribution in [2.45, 2.75) is 12.8 Å². The number of fused-ring (bicyclic) bond motifs is 1. The summed E-state index contributed by atoms with van der Waals surface area (Å²) in [6.07, 6.45) is 4.54. The Morgan fingerprint density at radius 1 is 1.53 bits per heavy atom. The first-order valence-corrected chi connectivity index (χ1v) is 6.51. The minimum atomic E-state index is -1.34. The Kier molecular flexibility index (Phi) is 2.97. The molecule has 1 aromatic rings. The number of allylic oxidation sites excluding steroid dienone is 1. The summed E-state index contributed by atoms with van der Waals surface area (Å²) in [6, 6.07) is 2.12. The van der Waals surface area contributed by atoms with Gasteiger partial charge in [0.25, 0.3) is 0 Å². The first-order chi connectivity index (χ1) is 9.08. The zero-order valence-electron chi connectivity index (χ0n) is 10.0. The molecule has 5 heteroatoms. The number of hydrogen-bond donors (Lipinski definition) is 1. The smallest absolute Gasteiger partial charge is 0.338 e. The number of benzene rings is 1. The highest BCUT2D eigenvalue weighted by Gasteiger charge is 2.46. The van der Waals surface area contributed by atoms with E-state index in [0.717, 1.165) is 18.6 Å². The molecule has 1 saturated carbocycles. The minimum Gasteiger partial charge on any atom is -0.491 e. The molecule has 0 spiro atoms. The Morgan fingerprint density at radius 3 is 2.95 bits per heavy atom. The number of carboxylic acids is 1. The van der Waals surface area contributed by atoms with Crippen LogP contribution >= 0.6 is 11.6 Å². The lowest BCUT2D eigenvalue weighted by Crippen LogP contribution is -2.05. The van der Waals surface area contributed by atoms with Gasteiger partial charge in [-0.1, -0.05) is 23.3 Å². The van der Waals surface area contributed by atoms with E-state index < -0.39 is 17.3 Å². The van der Waals surface area contributed by atoms with Crippen LogP contribution in [-0.4, -0.2) is 17.7 Å². The lowest BCUT2D eigenvalue weighted by atomic mass is 10.2. The summed E-state index contributed by atoms with van der Waals surface area (Å²) in [5.41, 5.74) is 0.988. The third kappa shape index (κ3) is 2.21. The standard InChI is InChI=1S/C14H12ClFO3/c15-11-4-9(14(17)18)12(16)5-13(11)19-6-10-7-2-1-3-8(7)10/h2,4-5,8,10H,1,3,6H2,(H,17,18)/t8-,10-/m1/s1. The van der Waals surface area contributed by atoms with E-state index in [4.69, 9.17) is 21.4 Å². The Labute approximate surface area is 114 Å². The van der Waals surface area contributed by atoms with Crippen molar-refractivity contribution in [3.05, 3.63) is 40.2 Å². The minimum absolute atomic E-state index is 0.124. The topological polar surface area (TPSA) is 46.5 Å². The molecule has 2 atom stereocenters. The molecular formula is C14H12ClFO3. The molecule has 2 aliphatic carbocycles. The van der Waals surface area contributed by atoms with E-state index >= 15 is 0 Å². The number of carboxylic acid groups (broad SMARTS) is 1. The van der Waals surface area contributed by atoms with Gasteiger partial charge < -0.3 is 9.84 Å². The van der Waals surface area contributed by atoms with Crippen molar-refractivity contribution in [1.29, 1.82) is 0 Å². The molecule has 0 aliphatic heterocycles. The maximum atomic E-state index is 13.5. The van der Waals surface area contributed by atoms with Crippen LogP contribution in [0.1, 0.15) is 23.2 Å². The van der Waals surface area contributed by atoms with Crippen LogP contribution in [0.25, 0.3) is 0 Å². The maximum Gasteiger partial charge on any atom is 0.338 e. The van der Waals surface area contributed by atoms with Gasteiger partial charge >= 0.3 is 5.97 Å². The van der Waals surface area contributed by atoms with Crippen molar-refractivity contribution in [3.63, 3.8) is 0 Å². The first kappa shape index (κ1) is 12.5. The zero-order chi connectivity index (χ0) is 13.6. The van der Waals surface area contributed by atoms with Crippen molar-refractivity contribution < 1.29 is 19.0 Å². The number of aromatic carboxylic acids is 1. The van der Waals surface area contributed by atoms with E-state index in [1.165, 1.54) is 12.0 Å². The van der Waals surface area contributed by atoms with Gasteiger partial charge in [0.05, 0.1) is 17.2 Å². The summed E-state index contributed by atoms with van der Waals surface area (Å²) in [5, 5.41) is 8.89. The van der Waals surface area contributed by atoms with Crippen LogP contribution in [0, 0.1) is 17.7 Å². The van der Waals surface area contributed by atoms with E-state index in [1.807, 2.05) is 0 Å². The molecule has 100 valence electrons. The van der Waals surface area contributed by atoms with Gasteiger partial charge in [-0.25, -0.2) is 9.18 Å². The van der Waals surface area contributed by atoms with Crippen molar-refractivity contribution in [2.24, 2.45) is 11.8 Å². The van der Waals surface area contributed by atoms with E-state index in [1.54, 1.807) is 0 Å². The van der Waals surface area contributed by atoms with Gasteiger partial charge in [0.1, 0.15) is 11.6 Å². The molecule has 0 aromatic heterocycles. The van der Waals surface area contributed by atoms with Gasteiger partial charge in [-0.3, -0.25) is 0 Å². The second-order valence-electron chi connectivity index (χ2n) is 4.87. The molecule has 0 unspecified atom stereocenters. The molecule has 1 fully saturated rings. The van der Waals surface area contributed by atoms with Crippen LogP contribution in [0.15, 0.2) is 23.8 Å². The van der Waals surface area contributed by atoms with E-state index in [2.05, 4.69) is 6.08 Å². The Bertz CT molecular complexity index is 582. The monoisotopic (exact) mass is 282 g/mol. The predicted octanol–water partition coefficient (Wildman–Crippen LogP) is 3.52. The van der Waals surface area contributed by atoms with Crippen molar-refractivity contribution in [2.75, 3.05) is 6.61 Å². The normalized spacial score (nSPS) is 23.8. The molecule has 2 aliphatic rings. The average Bonchev–Trinajstić information content (AvgIpc) is 2.81. The summed E-state index contributed by atoms with van der Waals surface area (Å²) < 4.78 is 19.0. The lowest BCUT2D eigenvalue weighted by Gasteiger charge is -2.09. The zero-order valence-corrected chi connectivity index (χ0v) is 10.8. The van der Waals surface area contributed by atoms with Crippen LogP contribution in [-0.2, 0) is 0 Å². The second kappa shape index (κ2) is 4.53. The van der Waals surface area contributed by atoms with Crippen LogP contribution in [0.5, 0.6) is 5.75 Å². The number of carbonyl (C=O) groups is 1. The fourth-order valence-corrected chi connectivity index (χ4v) is 2.92. The molecule has 3 nitrogen and oxygen atoms in total. The fraction of sp³-hybridized carbons (Fsp3) is 0.357. The van der Waals surface area contributed by atoms with Crippen LogP contribution in [0.2, 0.25) is 5.02 Å². The summed E-state index contributed by atoms with van der Waals surface area (Å²) in [5.74, 6) is -0.918. The lowest BCUT2D eigenvalue weighted by molar-refractivity contribution is 0.0692. The second-order valence-corrected chi connectivity index (χ2v) is 5.28. The van der Waals surface area contributed by atoms with Crippen molar-refractivity contribution in [3.8, 4) is 5.75 Å².